The first-order valence-electron chi connectivity index (χ1n) is 6.10. The molecule has 1 atom stereocenters. The Morgan fingerprint density at radius 1 is 1.31 bits per heavy atom. The van der Waals surface area contributed by atoms with Crippen LogP contribution in [0.25, 0.3) is 0 Å². The molecule has 0 aliphatic heterocycles. The molecule has 0 aromatic carbocycles. The third-order valence-electron chi connectivity index (χ3n) is 3.29. The summed E-state index contributed by atoms with van der Waals surface area (Å²) in [5.41, 5.74) is 0. The highest BCUT2D eigenvalue weighted by atomic mass is 16.4. The van der Waals surface area contributed by atoms with Crippen molar-refractivity contribution in [3.63, 3.8) is 0 Å². The summed E-state index contributed by atoms with van der Waals surface area (Å²) in [7, 11) is 0. The minimum atomic E-state index is -0.836. The molecule has 0 aromatic rings. The Kier molecular flexibility index (Phi) is 5.29. The van der Waals surface area contributed by atoms with E-state index in [-0.39, 0.29) is 18.4 Å². The van der Waals surface area contributed by atoms with Crippen molar-refractivity contribution in [2.24, 2.45) is 5.92 Å². The summed E-state index contributed by atoms with van der Waals surface area (Å²) in [4.78, 5) is 21.8. The number of hydrogen-bond acceptors (Lipinski definition) is 2. The van der Waals surface area contributed by atoms with Gasteiger partial charge in [0, 0.05) is 18.9 Å². The van der Waals surface area contributed by atoms with Crippen molar-refractivity contribution in [2.45, 2.75) is 57.9 Å². The molecule has 0 saturated heterocycles. The number of carboxylic acid groups (broad SMARTS) is 1. The van der Waals surface area contributed by atoms with Gasteiger partial charge in [-0.25, -0.2) is 0 Å². The van der Waals surface area contributed by atoms with Crippen molar-refractivity contribution < 1.29 is 14.7 Å². The lowest BCUT2D eigenvalue weighted by molar-refractivity contribution is -0.137. The summed E-state index contributed by atoms with van der Waals surface area (Å²) in [5, 5.41) is 11.4. The second-order valence-corrected chi connectivity index (χ2v) is 4.65. The first-order chi connectivity index (χ1) is 7.59. The lowest BCUT2D eigenvalue weighted by Crippen LogP contribution is -2.37. The van der Waals surface area contributed by atoms with Crippen LogP contribution in [0.2, 0.25) is 0 Å². The summed E-state index contributed by atoms with van der Waals surface area (Å²) >= 11 is 0. The van der Waals surface area contributed by atoms with Gasteiger partial charge < -0.3 is 10.4 Å². The highest BCUT2D eigenvalue weighted by Gasteiger charge is 2.22. The van der Waals surface area contributed by atoms with E-state index in [9.17, 15) is 9.59 Å². The molecule has 0 aromatic heterocycles. The molecule has 1 fully saturated rings. The summed E-state index contributed by atoms with van der Waals surface area (Å²) in [5.74, 6) is -0.235. The molecule has 16 heavy (non-hydrogen) atoms. The van der Waals surface area contributed by atoms with Gasteiger partial charge in [-0.05, 0) is 32.1 Å². The van der Waals surface area contributed by atoms with Crippen molar-refractivity contribution in [1.82, 2.24) is 5.32 Å². The van der Waals surface area contributed by atoms with Crippen LogP contribution in [-0.4, -0.2) is 23.0 Å². The minimum absolute atomic E-state index is 0.0133. The number of carbonyl (C=O) groups excluding carboxylic acids is 1. The molecule has 4 heteroatoms. The predicted molar refractivity (Wildman–Crippen MR) is 61.0 cm³/mol. The number of carboxylic acids is 1. The molecule has 1 amide bonds. The van der Waals surface area contributed by atoms with Crippen molar-refractivity contribution in [3.8, 4) is 0 Å². The van der Waals surface area contributed by atoms with Crippen molar-refractivity contribution >= 4 is 11.9 Å². The van der Waals surface area contributed by atoms with Gasteiger partial charge in [0.25, 0.3) is 0 Å². The molecular formula is C12H21NO3. The fraction of sp³-hybridized carbons (Fsp3) is 0.833. The lowest BCUT2D eigenvalue weighted by Gasteiger charge is -2.20. The lowest BCUT2D eigenvalue weighted by atomic mass is 9.99. The Labute approximate surface area is 96.4 Å². The van der Waals surface area contributed by atoms with E-state index >= 15 is 0 Å². The monoisotopic (exact) mass is 227 g/mol. The zero-order chi connectivity index (χ0) is 12.0. The highest BCUT2D eigenvalue weighted by molar-refractivity contribution is 5.77. The first-order valence-corrected chi connectivity index (χ1v) is 6.10. The Morgan fingerprint density at radius 3 is 2.50 bits per heavy atom. The molecule has 1 saturated carbocycles. The number of nitrogens with one attached hydrogen (secondary N) is 1. The van der Waals surface area contributed by atoms with Crippen molar-refractivity contribution in [1.29, 1.82) is 0 Å². The molecule has 0 radical (unpaired) electrons. The van der Waals surface area contributed by atoms with E-state index in [4.69, 9.17) is 5.11 Å². The van der Waals surface area contributed by atoms with E-state index in [1.807, 2.05) is 6.92 Å². The number of amides is 1. The normalized spacial score (nSPS) is 18.3. The van der Waals surface area contributed by atoms with Gasteiger partial charge in [0.05, 0.1) is 0 Å². The zero-order valence-corrected chi connectivity index (χ0v) is 9.87. The average molecular weight is 227 g/mol. The molecule has 1 rings (SSSR count). The second kappa shape index (κ2) is 6.51. The third-order valence-corrected chi connectivity index (χ3v) is 3.29. The van der Waals surface area contributed by atoms with E-state index in [0.29, 0.717) is 18.8 Å². The fourth-order valence-electron chi connectivity index (χ4n) is 2.30. The molecule has 0 spiro atoms. The summed E-state index contributed by atoms with van der Waals surface area (Å²) in [6, 6.07) is 0.236. The minimum Gasteiger partial charge on any atom is -0.481 e. The summed E-state index contributed by atoms with van der Waals surface area (Å²) < 4.78 is 0. The van der Waals surface area contributed by atoms with E-state index in [2.05, 4.69) is 5.32 Å². The van der Waals surface area contributed by atoms with Gasteiger partial charge in [-0.1, -0.05) is 12.8 Å². The molecule has 4 nitrogen and oxygen atoms in total. The maximum absolute atomic E-state index is 11.5. The molecule has 2 N–H and O–H groups in total. The Morgan fingerprint density at radius 2 is 1.94 bits per heavy atom. The smallest absolute Gasteiger partial charge is 0.303 e. The second-order valence-electron chi connectivity index (χ2n) is 4.65. The van der Waals surface area contributed by atoms with Crippen LogP contribution in [0.5, 0.6) is 0 Å². The van der Waals surface area contributed by atoms with Crippen LogP contribution in [0.4, 0.5) is 0 Å². The number of aliphatic carboxylic acids is 1. The Balaban J connectivity index is 2.15. The van der Waals surface area contributed by atoms with Gasteiger partial charge in [0.2, 0.25) is 5.91 Å². The van der Waals surface area contributed by atoms with E-state index < -0.39 is 5.97 Å². The van der Waals surface area contributed by atoms with Gasteiger partial charge in [0.15, 0.2) is 0 Å². The van der Waals surface area contributed by atoms with Crippen LogP contribution in [0.15, 0.2) is 0 Å². The Hall–Kier alpha value is -1.06. The van der Waals surface area contributed by atoms with Crippen LogP contribution in [0.3, 0.4) is 0 Å². The molecule has 1 aliphatic rings. The molecular weight excluding hydrogens is 206 g/mol. The quantitative estimate of drug-likeness (QED) is 0.728. The van der Waals surface area contributed by atoms with Gasteiger partial charge in [-0.3, -0.25) is 9.59 Å². The molecule has 0 unspecified atom stereocenters. The van der Waals surface area contributed by atoms with Gasteiger partial charge in [0.1, 0.15) is 0 Å². The molecule has 0 heterocycles. The van der Waals surface area contributed by atoms with E-state index in [0.717, 1.165) is 0 Å². The number of rotatable bonds is 6. The largest absolute Gasteiger partial charge is 0.481 e. The molecule has 0 bridgehead atoms. The van der Waals surface area contributed by atoms with Crippen LogP contribution < -0.4 is 5.32 Å². The van der Waals surface area contributed by atoms with Gasteiger partial charge in [-0.15, -0.1) is 0 Å². The SMILES string of the molecule is C[C@H](NC(=O)CCCC(=O)O)C1CCCC1. The van der Waals surface area contributed by atoms with E-state index in [1.165, 1.54) is 25.7 Å². The van der Waals surface area contributed by atoms with Crippen LogP contribution in [0, 0.1) is 5.92 Å². The highest BCUT2D eigenvalue weighted by Crippen LogP contribution is 2.27. The van der Waals surface area contributed by atoms with E-state index in [1.54, 1.807) is 0 Å². The van der Waals surface area contributed by atoms with Crippen molar-refractivity contribution in [3.05, 3.63) is 0 Å². The summed E-state index contributed by atoms with van der Waals surface area (Å²) in [6.07, 6.45) is 5.77. The standard InChI is InChI=1S/C12H21NO3/c1-9(10-5-2-3-6-10)13-11(14)7-4-8-12(15)16/h9-10H,2-8H2,1H3,(H,13,14)(H,15,16)/t9-/m0/s1. The predicted octanol–water partition coefficient (Wildman–Crippen LogP) is 1.94. The summed E-state index contributed by atoms with van der Waals surface area (Å²) in [6.45, 7) is 2.05. The van der Waals surface area contributed by atoms with Gasteiger partial charge in [-0.2, -0.15) is 0 Å². The average Bonchev–Trinajstić information content (AvgIpc) is 2.69. The molecule has 1 aliphatic carbocycles. The zero-order valence-electron chi connectivity index (χ0n) is 9.87. The number of hydrogen-bond donors (Lipinski definition) is 2. The maximum Gasteiger partial charge on any atom is 0.303 e. The number of carbonyl (C=O) groups is 2. The van der Waals surface area contributed by atoms with Crippen LogP contribution >= 0.6 is 0 Å². The van der Waals surface area contributed by atoms with Gasteiger partial charge >= 0.3 is 5.97 Å². The topological polar surface area (TPSA) is 66.4 Å². The third kappa shape index (κ3) is 4.64. The van der Waals surface area contributed by atoms with Crippen LogP contribution in [0.1, 0.15) is 51.9 Å². The van der Waals surface area contributed by atoms with Crippen LogP contribution in [-0.2, 0) is 9.59 Å². The Bertz CT molecular complexity index is 247. The first kappa shape index (κ1) is 13.0. The van der Waals surface area contributed by atoms with Crippen molar-refractivity contribution in [2.75, 3.05) is 0 Å². The molecule has 92 valence electrons. The fourth-order valence-corrected chi connectivity index (χ4v) is 2.30. The maximum atomic E-state index is 11.5.